The molecule has 2 N–H and O–H groups in total. The molecule has 1 saturated heterocycles. The number of carbonyl (C=O) groups excluding carboxylic acids is 1. The first-order valence-electron chi connectivity index (χ1n) is 5.81. The van der Waals surface area contributed by atoms with E-state index >= 15 is 0 Å². The van der Waals surface area contributed by atoms with Crippen molar-refractivity contribution in [3.63, 3.8) is 0 Å². The van der Waals surface area contributed by atoms with Gasteiger partial charge in [0.2, 0.25) is 5.91 Å². The van der Waals surface area contributed by atoms with Crippen LogP contribution in [0.25, 0.3) is 0 Å². The van der Waals surface area contributed by atoms with E-state index in [1.165, 1.54) is 28.4 Å². The Hall–Kier alpha value is -0.730. The van der Waals surface area contributed by atoms with E-state index < -0.39 is 5.97 Å². The molecule has 0 saturated carbocycles. The van der Waals surface area contributed by atoms with Crippen LogP contribution in [0.1, 0.15) is 19.3 Å². The van der Waals surface area contributed by atoms with Gasteiger partial charge in [-0.3, -0.25) is 9.69 Å². The van der Waals surface area contributed by atoms with Crippen LogP contribution in [-0.2, 0) is 9.59 Å². The maximum absolute atomic E-state index is 11.4. The van der Waals surface area contributed by atoms with Gasteiger partial charge in [-0.15, -0.1) is 23.5 Å². The maximum Gasteiger partial charge on any atom is 0.353 e. The molecular weight excluding hydrogens is 304 g/mol. The molecule has 0 aromatic heterocycles. The van der Waals surface area contributed by atoms with Crippen LogP contribution in [0.2, 0.25) is 0 Å². The summed E-state index contributed by atoms with van der Waals surface area (Å²) in [4.78, 5) is 24.9. The molecule has 2 aliphatic rings. The highest BCUT2D eigenvalue weighted by Gasteiger charge is 2.47. The summed E-state index contributed by atoms with van der Waals surface area (Å²) < 4.78 is 0.741. The predicted molar refractivity (Wildman–Crippen MR) is 80.9 cm³/mol. The molecule has 0 aromatic rings. The van der Waals surface area contributed by atoms with Gasteiger partial charge in [0.05, 0.1) is 11.8 Å². The topological polar surface area (TPSA) is 69.6 Å². The summed E-state index contributed by atoms with van der Waals surface area (Å²) in [5.41, 5.74) is 0.179. The highest BCUT2D eigenvalue weighted by molar-refractivity contribution is 8.22. The molecule has 104 valence electrons. The Kier molecular flexibility index (Phi) is 4.75. The molecule has 0 unspecified atom stereocenters. The van der Waals surface area contributed by atoms with Gasteiger partial charge in [-0.25, -0.2) is 4.79 Å². The van der Waals surface area contributed by atoms with Crippen molar-refractivity contribution in [2.45, 2.75) is 24.6 Å². The van der Waals surface area contributed by atoms with Crippen molar-refractivity contribution in [2.75, 3.05) is 12.8 Å². The lowest BCUT2D eigenvalue weighted by Crippen LogP contribution is -2.48. The first kappa shape index (κ1) is 14.7. The number of thioether (sulfide) groups is 2. The molecule has 0 aromatic carbocycles. The van der Waals surface area contributed by atoms with Crippen molar-refractivity contribution >= 4 is 51.9 Å². The minimum Gasteiger partial charge on any atom is -0.477 e. The van der Waals surface area contributed by atoms with Gasteiger partial charge in [0, 0.05) is 11.4 Å². The Labute approximate surface area is 125 Å². The van der Waals surface area contributed by atoms with Gasteiger partial charge in [-0.05, 0) is 19.1 Å². The van der Waals surface area contributed by atoms with Gasteiger partial charge in [0.15, 0.2) is 0 Å². The second kappa shape index (κ2) is 6.15. The largest absolute Gasteiger partial charge is 0.477 e. The number of hydrogen-bond donors (Lipinski definition) is 2. The van der Waals surface area contributed by atoms with Gasteiger partial charge in [0.1, 0.15) is 10.0 Å². The van der Waals surface area contributed by atoms with Crippen LogP contribution in [0, 0.1) is 0 Å². The molecule has 2 heterocycles. The SMILES string of the molecule is CSC(=S)NCCCC1=C(C(=O)O)N2C(=O)C[C@H]2S1. The number of nitrogens with one attached hydrogen (secondary N) is 1. The molecule has 8 heteroatoms. The van der Waals surface area contributed by atoms with Gasteiger partial charge in [-0.2, -0.15) is 0 Å². The van der Waals surface area contributed by atoms with Crippen molar-refractivity contribution in [3.8, 4) is 0 Å². The molecule has 19 heavy (non-hydrogen) atoms. The molecule has 1 amide bonds. The summed E-state index contributed by atoms with van der Waals surface area (Å²) in [5.74, 6) is -1.10. The molecule has 0 bridgehead atoms. The second-order valence-electron chi connectivity index (χ2n) is 4.14. The Morgan fingerprint density at radius 3 is 3.00 bits per heavy atom. The highest BCUT2D eigenvalue weighted by atomic mass is 32.2. The van der Waals surface area contributed by atoms with E-state index in [1.54, 1.807) is 0 Å². The summed E-state index contributed by atoms with van der Waals surface area (Å²) in [5, 5.41) is 12.3. The second-order valence-corrected chi connectivity index (χ2v) is 6.90. The third kappa shape index (κ3) is 3.06. The Balaban J connectivity index is 1.90. The molecule has 2 aliphatic heterocycles. The molecule has 1 atom stereocenters. The number of carboxylic acids is 1. The first-order valence-corrected chi connectivity index (χ1v) is 8.33. The van der Waals surface area contributed by atoms with Crippen LogP contribution in [0.3, 0.4) is 0 Å². The van der Waals surface area contributed by atoms with Crippen LogP contribution in [0.4, 0.5) is 0 Å². The zero-order valence-corrected chi connectivity index (χ0v) is 12.8. The summed E-state index contributed by atoms with van der Waals surface area (Å²) in [7, 11) is 0. The summed E-state index contributed by atoms with van der Waals surface area (Å²) >= 11 is 8.00. The van der Waals surface area contributed by atoms with Crippen LogP contribution < -0.4 is 5.32 Å². The molecule has 0 spiro atoms. The third-order valence-corrected chi connectivity index (χ3v) is 5.42. The molecule has 1 fully saturated rings. The molecule has 2 rings (SSSR count). The van der Waals surface area contributed by atoms with E-state index in [0.717, 1.165) is 22.2 Å². The Morgan fingerprint density at radius 1 is 1.68 bits per heavy atom. The number of β-lactam (4-membered cyclic amide) rings is 1. The van der Waals surface area contributed by atoms with E-state index in [2.05, 4.69) is 5.32 Å². The number of nitrogens with zero attached hydrogens (tertiary/aromatic N) is 1. The average molecular weight is 318 g/mol. The van der Waals surface area contributed by atoms with E-state index in [9.17, 15) is 14.7 Å². The van der Waals surface area contributed by atoms with E-state index in [4.69, 9.17) is 12.2 Å². The molecular formula is C11H14N2O3S3. The zero-order chi connectivity index (χ0) is 14.0. The minimum atomic E-state index is -1.01. The number of fused-ring (bicyclic) bond motifs is 1. The van der Waals surface area contributed by atoms with Crippen LogP contribution in [0.5, 0.6) is 0 Å². The molecule has 0 radical (unpaired) electrons. The monoisotopic (exact) mass is 318 g/mol. The molecule has 5 nitrogen and oxygen atoms in total. The van der Waals surface area contributed by atoms with Crippen LogP contribution >= 0.6 is 35.7 Å². The Bertz CT molecular complexity index is 464. The number of carboxylic acid groups (broad SMARTS) is 1. The summed E-state index contributed by atoms with van der Waals surface area (Å²) in [6.07, 6.45) is 3.81. The number of rotatable bonds is 5. The lowest BCUT2D eigenvalue weighted by atomic mass is 10.1. The smallest absolute Gasteiger partial charge is 0.353 e. The van der Waals surface area contributed by atoms with Crippen molar-refractivity contribution in [1.82, 2.24) is 10.2 Å². The maximum atomic E-state index is 11.4. The first-order chi connectivity index (χ1) is 9.04. The van der Waals surface area contributed by atoms with Crippen LogP contribution in [-0.4, -0.2) is 44.4 Å². The van der Waals surface area contributed by atoms with E-state index in [1.807, 2.05) is 6.26 Å². The van der Waals surface area contributed by atoms with Crippen molar-refractivity contribution in [1.29, 1.82) is 0 Å². The minimum absolute atomic E-state index is 0.00818. The van der Waals surface area contributed by atoms with Crippen molar-refractivity contribution in [3.05, 3.63) is 10.6 Å². The zero-order valence-electron chi connectivity index (χ0n) is 10.3. The van der Waals surface area contributed by atoms with E-state index in [0.29, 0.717) is 12.8 Å². The van der Waals surface area contributed by atoms with Gasteiger partial charge < -0.3 is 10.4 Å². The van der Waals surface area contributed by atoms with E-state index in [-0.39, 0.29) is 17.0 Å². The lowest BCUT2D eigenvalue weighted by Gasteiger charge is -2.33. The van der Waals surface area contributed by atoms with Crippen molar-refractivity contribution in [2.24, 2.45) is 0 Å². The third-order valence-electron chi connectivity index (χ3n) is 2.93. The lowest BCUT2D eigenvalue weighted by molar-refractivity contribution is -0.145. The summed E-state index contributed by atoms with van der Waals surface area (Å²) in [6, 6.07) is 0. The number of carbonyl (C=O) groups is 2. The number of amides is 1. The fraction of sp³-hybridized carbons (Fsp3) is 0.545. The molecule has 0 aliphatic carbocycles. The number of aliphatic carboxylic acids is 1. The normalized spacial score (nSPS) is 21.2. The predicted octanol–water partition coefficient (Wildman–Crippen LogP) is 1.61. The number of allylic oxidation sites excluding steroid dienone is 1. The van der Waals surface area contributed by atoms with Gasteiger partial charge >= 0.3 is 5.97 Å². The van der Waals surface area contributed by atoms with Crippen LogP contribution in [0.15, 0.2) is 10.6 Å². The van der Waals surface area contributed by atoms with Gasteiger partial charge in [0.25, 0.3) is 0 Å². The number of thiocarbonyl (C=S) groups is 1. The van der Waals surface area contributed by atoms with Gasteiger partial charge in [-0.1, -0.05) is 12.2 Å². The fourth-order valence-electron chi connectivity index (χ4n) is 2.02. The standard InChI is InChI=1S/C11H14N2O3S3/c1-18-11(17)12-4-2-3-6-9(10(15)16)13-7(14)5-8(13)19-6/h8H,2-5H2,1H3,(H,12,17)(H,15,16)/t8-/m1/s1. The fourth-order valence-corrected chi connectivity index (χ4v) is 3.81. The Morgan fingerprint density at radius 2 is 2.42 bits per heavy atom. The highest BCUT2D eigenvalue weighted by Crippen LogP contribution is 2.47. The summed E-state index contributed by atoms with van der Waals surface area (Å²) in [6.45, 7) is 0.718. The quantitative estimate of drug-likeness (QED) is 0.453. The number of hydrogen-bond acceptors (Lipinski definition) is 5. The van der Waals surface area contributed by atoms with Crippen molar-refractivity contribution < 1.29 is 14.7 Å². The average Bonchev–Trinajstić information content (AvgIpc) is 2.67.